The number of aliphatic hydroxyl groups is 2. The van der Waals surface area contributed by atoms with Gasteiger partial charge in [-0.3, -0.25) is 0 Å². The Bertz CT molecular complexity index is 583. The first-order valence-electron chi connectivity index (χ1n) is 9.56. The van der Waals surface area contributed by atoms with Gasteiger partial charge in [-0.05, 0) is 50.5 Å². The fourth-order valence-electron chi connectivity index (χ4n) is 2.63. The van der Waals surface area contributed by atoms with Gasteiger partial charge in [-0.15, -0.1) is 6.58 Å². The van der Waals surface area contributed by atoms with Crippen molar-refractivity contribution in [2.75, 3.05) is 0 Å². The van der Waals surface area contributed by atoms with E-state index in [1.165, 1.54) is 5.56 Å². The molecule has 0 aliphatic heterocycles. The molecule has 0 aliphatic rings. The molecule has 142 valence electrons. The summed E-state index contributed by atoms with van der Waals surface area (Å²) < 4.78 is 0. The lowest BCUT2D eigenvalue weighted by Gasteiger charge is -2.13. The molecule has 0 aliphatic carbocycles. The van der Waals surface area contributed by atoms with E-state index < -0.39 is 12.2 Å². The van der Waals surface area contributed by atoms with Crippen LogP contribution in [0, 0.1) is 0 Å². The fourth-order valence-corrected chi connectivity index (χ4v) is 2.63. The Morgan fingerprint density at radius 2 is 1.73 bits per heavy atom. The number of hydrogen-bond acceptors (Lipinski definition) is 2. The molecule has 0 spiro atoms. The molecule has 26 heavy (non-hydrogen) atoms. The Balaban J connectivity index is 2.20. The molecule has 0 fully saturated rings. The molecule has 3 atom stereocenters. The molecule has 0 saturated carbocycles. The first-order valence-corrected chi connectivity index (χ1v) is 9.56. The van der Waals surface area contributed by atoms with Crippen LogP contribution in [0.4, 0.5) is 0 Å². The lowest BCUT2D eigenvalue weighted by molar-refractivity contribution is 0.0420. The van der Waals surface area contributed by atoms with E-state index in [1.807, 2.05) is 25.1 Å². The van der Waals surface area contributed by atoms with Crippen molar-refractivity contribution in [3.05, 3.63) is 84.5 Å². The van der Waals surface area contributed by atoms with Crippen molar-refractivity contribution in [1.29, 1.82) is 0 Å². The summed E-state index contributed by atoms with van der Waals surface area (Å²) in [4.78, 5) is 0. The third kappa shape index (κ3) is 10.2. The monoisotopic (exact) mass is 354 g/mol. The van der Waals surface area contributed by atoms with Crippen molar-refractivity contribution in [2.24, 2.45) is 0 Å². The molecule has 0 aromatic heterocycles. The number of aliphatic hydroxyl groups excluding tert-OH is 2. The summed E-state index contributed by atoms with van der Waals surface area (Å²) in [7, 11) is 0. The number of allylic oxidation sites excluding steroid dienone is 6. The van der Waals surface area contributed by atoms with Crippen LogP contribution in [0.15, 0.2) is 78.9 Å². The molecular weight excluding hydrogens is 320 g/mol. The molecule has 2 nitrogen and oxygen atoms in total. The van der Waals surface area contributed by atoms with E-state index in [2.05, 4.69) is 56.0 Å². The molecular formula is C24H34O2. The van der Waals surface area contributed by atoms with Gasteiger partial charge in [0, 0.05) is 0 Å². The molecule has 1 aromatic rings. The van der Waals surface area contributed by atoms with Crippen LogP contribution < -0.4 is 0 Å². The zero-order valence-electron chi connectivity index (χ0n) is 16.2. The van der Waals surface area contributed by atoms with Crippen molar-refractivity contribution in [1.82, 2.24) is 0 Å². The first-order chi connectivity index (χ1) is 12.5. The average Bonchev–Trinajstić information content (AvgIpc) is 2.63. The Hall–Kier alpha value is -1.90. The maximum absolute atomic E-state index is 9.89. The molecule has 1 rings (SSSR count). The predicted octanol–water partition coefficient (Wildman–Crippen LogP) is 5.71. The highest BCUT2D eigenvalue weighted by atomic mass is 16.3. The molecule has 1 aromatic carbocycles. The molecule has 0 radical (unpaired) electrons. The minimum atomic E-state index is -0.809. The van der Waals surface area contributed by atoms with Crippen molar-refractivity contribution in [3.63, 3.8) is 0 Å². The summed E-state index contributed by atoms with van der Waals surface area (Å²) >= 11 is 0. The van der Waals surface area contributed by atoms with E-state index in [4.69, 9.17) is 0 Å². The zero-order valence-corrected chi connectivity index (χ0v) is 16.2. The third-order valence-electron chi connectivity index (χ3n) is 4.30. The van der Waals surface area contributed by atoms with E-state index in [9.17, 15) is 10.2 Å². The van der Waals surface area contributed by atoms with Gasteiger partial charge in [0.25, 0.3) is 0 Å². The number of unbranched alkanes of at least 4 members (excludes halogenated alkanes) is 1. The molecule has 0 heterocycles. The summed E-state index contributed by atoms with van der Waals surface area (Å²) in [6.45, 7) is 8.02. The molecule has 2 heteroatoms. The summed E-state index contributed by atoms with van der Waals surface area (Å²) in [5.74, 6) is 0.432. The Kier molecular flexibility index (Phi) is 11.3. The average molecular weight is 355 g/mol. The van der Waals surface area contributed by atoms with Gasteiger partial charge in [0.15, 0.2) is 0 Å². The van der Waals surface area contributed by atoms with Crippen molar-refractivity contribution in [3.8, 4) is 0 Å². The largest absolute Gasteiger partial charge is 0.390 e. The highest BCUT2D eigenvalue weighted by molar-refractivity contribution is 5.22. The van der Waals surface area contributed by atoms with Crippen molar-refractivity contribution >= 4 is 0 Å². The first kappa shape index (κ1) is 22.1. The van der Waals surface area contributed by atoms with Gasteiger partial charge < -0.3 is 10.2 Å². The van der Waals surface area contributed by atoms with Gasteiger partial charge in [-0.2, -0.15) is 0 Å². The quantitative estimate of drug-likeness (QED) is 0.287. The van der Waals surface area contributed by atoms with Crippen LogP contribution >= 0.6 is 0 Å². The number of benzene rings is 1. The summed E-state index contributed by atoms with van der Waals surface area (Å²) in [5.41, 5.74) is 2.44. The smallest absolute Gasteiger partial charge is 0.0982 e. The number of hydrogen-bond donors (Lipinski definition) is 2. The summed E-state index contributed by atoms with van der Waals surface area (Å²) in [6, 6.07) is 10.5. The lowest BCUT2D eigenvalue weighted by Crippen LogP contribution is -2.23. The molecule has 3 unspecified atom stereocenters. The standard InChI is InChI=1S/C24H34O2/c1-20(2)14-13-19-24(26)23(25)18-12-7-5-4-6-9-15-21(3)22-16-10-8-11-17-22/h5,7-12,15-18,21,23-26H,1,4,6,13-14,19H2,2-3H3/b7-5+,15-9+,18-12+. The minimum absolute atomic E-state index is 0.432. The normalized spacial score (nSPS) is 15.7. The molecule has 0 bridgehead atoms. The van der Waals surface area contributed by atoms with Crippen LogP contribution in [0.2, 0.25) is 0 Å². The zero-order chi connectivity index (χ0) is 19.2. The van der Waals surface area contributed by atoms with Crippen molar-refractivity contribution in [2.45, 2.75) is 64.1 Å². The van der Waals surface area contributed by atoms with Crippen LogP contribution in [0.1, 0.15) is 57.4 Å². The minimum Gasteiger partial charge on any atom is -0.390 e. The van der Waals surface area contributed by atoms with Crippen LogP contribution in [0.3, 0.4) is 0 Å². The Labute approximate surface area is 159 Å². The predicted molar refractivity (Wildman–Crippen MR) is 112 cm³/mol. The Morgan fingerprint density at radius 3 is 2.42 bits per heavy atom. The summed E-state index contributed by atoms with van der Waals surface area (Å²) in [6.07, 6.45) is 14.7. The van der Waals surface area contributed by atoms with Crippen LogP contribution in [0.5, 0.6) is 0 Å². The molecule has 2 N–H and O–H groups in total. The highest BCUT2D eigenvalue weighted by Crippen LogP contribution is 2.16. The third-order valence-corrected chi connectivity index (χ3v) is 4.30. The molecule has 0 saturated heterocycles. The summed E-state index contributed by atoms with van der Waals surface area (Å²) in [5, 5.41) is 19.8. The van der Waals surface area contributed by atoms with Crippen molar-refractivity contribution < 1.29 is 10.2 Å². The second-order valence-corrected chi connectivity index (χ2v) is 6.93. The van der Waals surface area contributed by atoms with E-state index in [1.54, 1.807) is 6.08 Å². The van der Waals surface area contributed by atoms with Gasteiger partial charge in [0.05, 0.1) is 12.2 Å². The lowest BCUT2D eigenvalue weighted by atomic mass is 10.0. The second kappa shape index (κ2) is 13.3. The van der Waals surface area contributed by atoms with Gasteiger partial charge in [-0.25, -0.2) is 0 Å². The van der Waals surface area contributed by atoms with Crippen LogP contribution in [0.25, 0.3) is 0 Å². The van der Waals surface area contributed by atoms with Crippen LogP contribution in [-0.2, 0) is 0 Å². The van der Waals surface area contributed by atoms with E-state index in [0.29, 0.717) is 12.3 Å². The van der Waals surface area contributed by atoms with E-state index in [-0.39, 0.29) is 0 Å². The van der Waals surface area contributed by atoms with Crippen LogP contribution in [-0.4, -0.2) is 22.4 Å². The second-order valence-electron chi connectivity index (χ2n) is 6.93. The fraction of sp³-hybridized carbons (Fsp3) is 0.417. The van der Waals surface area contributed by atoms with Gasteiger partial charge >= 0.3 is 0 Å². The van der Waals surface area contributed by atoms with Gasteiger partial charge in [0.2, 0.25) is 0 Å². The van der Waals surface area contributed by atoms with E-state index in [0.717, 1.165) is 31.3 Å². The number of rotatable bonds is 12. The van der Waals surface area contributed by atoms with Gasteiger partial charge in [0.1, 0.15) is 0 Å². The topological polar surface area (TPSA) is 40.5 Å². The molecule has 0 amide bonds. The van der Waals surface area contributed by atoms with E-state index >= 15 is 0 Å². The SMILES string of the molecule is C=C(C)CCCC(O)C(O)/C=C/C=C/CC/C=C/C(C)c1ccccc1. The highest BCUT2D eigenvalue weighted by Gasteiger charge is 2.11. The maximum Gasteiger partial charge on any atom is 0.0982 e. The maximum atomic E-state index is 9.89. The Morgan fingerprint density at radius 1 is 1.04 bits per heavy atom. The van der Waals surface area contributed by atoms with Gasteiger partial charge in [-0.1, -0.05) is 79.3 Å².